The number of alkyl halides is 2. The first kappa shape index (κ1) is 8.95. The van der Waals surface area contributed by atoms with Crippen LogP contribution < -0.4 is 0 Å². The van der Waals surface area contributed by atoms with Gasteiger partial charge in [-0.25, -0.2) is 8.78 Å². The normalized spacial score (nSPS) is 12.8. The Morgan fingerprint density at radius 3 is 1.62 bits per heavy atom. The molecule has 0 saturated carbocycles. The monoisotopic (exact) mass is 198 g/mol. The molecule has 0 atom stereocenters. The summed E-state index contributed by atoms with van der Waals surface area (Å²) in [6.07, 6.45) is -2.49. The molecule has 0 nitrogen and oxygen atoms in total. The lowest BCUT2D eigenvalue weighted by Gasteiger charge is -2.03. The Morgan fingerprint density at radius 1 is 1.25 bits per heavy atom. The molecule has 0 radical (unpaired) electrons. The molecule has 0 amide bonds. The number of hydrogen-bond donors (Lipinski definition) is 0. The van der Waals surface area contributed by atoms with E-state index >= 15 is 0 Å². The van der Waals surface area contributed by atoms with E-state index in [0.29, 0.717) is 0 Å². The molecule has 0 aromatic rings. The van der Waals surface area contributed by atoms with Crippen LogP contribution in [0.5, 0.6) is 0 Å². The molecule has 0 aromatic heterocycles. The highest BCUT2D eigenvalue weighted by molar-refractivity contribution is 7.64. The van der Waals surface area contributed by atoms with Crippen LogP contribution in [0.2, 0.25) is 6.04 Å². The molecule has 6 heteroatoms. The highest BCUT2D eigenvalue weighted by atomic mass is 35.8. The number of hydrogen-bond acceptors (Lipinski definition) is 0. The molecule has 0 aliphatic rings. The average Bonchev–Trinajstić information content (AvgIpc) is 1.21. The minimum absolute atomic E-state index is 0.572. The van der Waals surface area contributed by atoms with Gasteiger partial charge in [-0.15, -0.1) is 33.2 Å². The first-order valence-electron chi connectivity index (χ1n) is 1.77. The summed E-state index contributed by atoms with van der Waals surface area (Å²) in [6, 6.07) is -3.63. The van der Waals surface area contributed by atoms with Crippen molar-refractivity contribution >= 4 is 39.2 Å². The van der Waals surface area contributed by atoms with Gasteiger partial charge in [0.05, 0.1) is 0 Å². The molecule has 0 spiro atoms. The van der Waals surface area contributed by atoms with E-state index in [0.717, 1.165) is 0 Å². The van der Waals surface area contributed by atoms with E-state index in [2.05, 4.69) is 0 Å². The van der Waals surface area contributed by atoms with Crippen molar-refractivity contribution in [3.8, 4) is 0 Å². The Bertz CT molecular complexity index is 70.2. The fraction of sp³-hybridized carbons (Fsp3) is 1.00. The lowest BCUT2D eigenvalue weighted by atomic mass is 10.9. The van der Waals surface area contributed by atoms with Gasteiger partial charge in [0.15, 0.2) is 0 Å². The van der Waals surface area contributed by atoms with Crippen molar-refractivity contribution in [1.82, 2.24) is 0 Å². The van der Waals surface area contributed by atoms with E-state index in [4.69, 9.17) is 33.2 Å². The maximum absolute atomic E-state index is 11.3. The lowest BCUT2D eigenvalue weighted by molar-refractivity contribution is 0.171. The highest BCUT2D eigenvalue weighted by Crippen LogP contribution is 2.27. The molecule has 0 fully saturated rings. The van der Waals surface area contributed by atoms with Gasteiger partial charge in [-0.2, -0.15) is 0 Å². The maximum Gasteiger partial charge on any atom is 0.346 e. The van der Waals surface area contributed by atoms with Crippen LogP contribution in [0.15, 0.2) is 0 Å². The van der Waals surface area contributed by atoms with Gasteiger partial charge in [-0.3, -0.25) is 0 Å². The predicted octanol–water partition coefficient (Wildman–Crippen LogP) is 2.91. The largest absolute Gasteiger partial charge is 0.346 e. The Morgan fingerprint density at radius 2 is 1.62 bits per heavy atom. The summed E-state index contributed by atoms with van der Waals surface area (Å²) >= 11 is 15.4. The van der Waals surface area contributed by atoms with Crippen molar-refractivity contribution in [2.75, 3.05) is 0 Å². The van der Waals surface area contributed by atoms with Crippen LogP contribution in [0.3, 0.4) is 0 Å². The van der Waals surface area contributed by atoms with Crippen molar-refractivity contribution in [3.05, 3.63) is 0 Å². The van der Waals surface area contributed by atoms with Crippen molar-refractivity contribution in [1.29, 1.82) is 0 Å². The molecular formula is C2H3Cl3F2Si. The molecule has 8 heavy (non-hydrogen) atoms. The molecule has 0 saturated heterocycles. The number of rotatable bonds is 2. The topological polar surface area (TPSA) is 0 Å². The standard InChI is InChI=1S/C2H3Cl3F2Si/c3-8(4,5)1-2(6)7/h2H,1H2. The van der Waals surface area contributed by atoms with E-state index < -0.39 is 18.5 Å². The molecule has 50 valence electrons. The molecule has 0 bridgehead atoms. The van der Waals surface area contributed by atoms with Gasteiger partial charge in [0.2, 0.25) is 6.43 Å². The molecule has 0 N–H and O–H groups in total. The van der Waals surface area contributed by atoms with E-state index in [1.807, 2.05) is 0 Å². The van der Waals surface area contributed by atoms with Crippen LogP contribution in [0.25, 0.3) is 0 Å². The third-order valence-corrected chi connectivity index (χ3v) is 2.55. The number of halogens is 5. The molecule has 0 aliphatic heterocycles. The molecular weight excluding hydrogens is 196 g/mol. The molecule has 0 unspecified atom stereocenters. The van der Waals surface area contributed by atoms with Crippen LogP contribution in [0.1, 0.15) is 0 Å². The quantitative estimate of drug-likeness (QED) is 0.474. The molecule has 0 rings (SSSR count). The second-order valence-corrected chi connectivity index (χ2v) is 10.4. The van der Waals surface area contributed by atoms with Crippen LogP contribution in [-0.2, 0) is 0 Å². The summed E-state index contributed by atoms with van der Waals surface area (Å²) in [7, 11) is 0. The summed E-state index contributed by atoms with van der Waals surface area (Å²) in [6.45, 7) is 0. The van der Waals surface area contributed by atoms with Crippen LogP contribution in [0.4, 0.5) is 8.78 Å². The van der Waals surface area contributed by atoms with Crippen molar-refractivity contribution in [2.24, 2.45) is 0 Å². The van der Waals surface area contributed by atoms with Gasteiger partial charge in [-0.05, 0) is 0 Å². The minimum Gasteiger partial charge on any atom is -0.211 e. The van der Waals surface area contributed by atoms with Gasteiger partial charge in [0.25, 0.3) is 0 Å². The van der Waals surface area contributed by atoms with Crippen molar-refractivity contribution in [3.63, 3.8) is 0 Å². The third kappa shape index (κ3) is 6.95. The van der Waals surface area contributed by atoms with Crippen LogP contribution in [0, 0.1) is 0 Å². The smallest absolute Gasteiger partial charge is 0.211 e. The molecule has 0 aliphatic carbocycles. The Hall–Kier alpha value is 0.947. The highest BCUT2D eigenvalue weighted by Gasteiger charge is 2.29. The van der Waals surface area contributed by atoms with Gasteiger partial charge in [-0.1, -0.05) is 0 Å². The van der Waals surface area contributed by atoms with Gasteiger partial charge >= 0.3 is 6.00 Å². The third-order valence-electron chi connectivity index (χ3n) is 0.386. The molecule has 0 aromatic carbocycles. The van der Waals surface area contributed by atoms with Gasteiger partial charge in [0.1, 0.15) is 0 Å². The lowest BCUT2D eigenvalue weighted by Crippen LogP contribution is -2.13. The van der Waals surface area contributed by atoms with Crippen LogP contribution in [-0.4, -0.2) is 12.4 Å². The molecule has 0 heterocycles. The van der Waals surface area contributed by atoms with E-state index in [-0.39, 0.29) is 0 Å². The first-order chi connectivity index (χ1) is 3.42. The predicted molar refractivity (Wildman–Crippen MR) is 34.1 cm³/mol. The zero-order chi connectivity index (χ0) is 6.78. The van der Waals surface area contributed by atoms with E-state index in [1.165, 1.54) is 0 Å². The Labute approximate surface area is 60.8 Å². The second-order valence-electron chi connectivity index (χ2n) is 1.21. The van der Waals surface area contributed by atoms with Crippen molar-refractivity contribution in [2.45, 2.75) is 12.5 Å². The summed E-state index contributed by atoms with van der Waals surface area (Å²) in [4.78, 5) is 0. The zero-order valence-corrected chi connectivity index (χ0v) is 6.94. The summed E-state index contributed by atoms with van der Waals surface area (Å²) in [5.41, 5.74) is 0. The second kappa shape index (κ2) is 3.20. The summed E-state index contributed by atoms with van der Waals surface area (Å²) in [5, 5.41) is 0. The van der Waals surface area contributed by atoms with Crippen LogP contribution >= 0.6 is 33.2 Å². The van der Waals surface area contributed by atoms with E-state index in [1.54, 1.807) is 0 Å². The Balaban J connectivity index is 3.39. The summed E-state index contributed by atoms with van der Waals surface area (Å²) < 4.78 is 22.6. The first-order valence-corrected chi connectivity index (χ1v) is 7.01. The van der Waals surface area contributed by atoms with Gasteiger partial charge in [0, 0.05) is 6.04 Å². The fourth-order valence-corrected chi connectivity index (χ4v) is 1.57. The van der Waals surface area contributed by atoms with E-state index in [9.17, 15) is 8.78 Å². The maximum atomic E-state index is 11.3. The fourth-order valence-electron chi connectivity index (χ4n) is 0.175. The average molecular weight is 199 g/mol. The zero-order valence-electron chi connectivity index (χ0n) is 3.67. The van der Waals surface area contributed by atoms with Gasteiger partial charge < -0.3 is 0 Å². The Kier molecular flexibility index (Phi) is 3.58. The van der Waals surface area contributed by atoms with Crippen molar-refractivity contribution < 1.29 is 8.78 Å². The summed E-state index contributed by atoms with van der Waals surface area (Å²) in [5.74, 6) is 0. The SMILES string of the molecule is FC(F)C[Si](Cl)(Cl)Cl. The minimum atomic E-state index is -3.05.